The molecule has 0 radical (unpaired) electrons. The molecule has 1 aliphatic rings. The van der Waals surface area contributed by atoms with Crippen molar-refractivity contribution in [2.45, 2.75) is 6.54 Å². The Hall–Kier alpha value is -3.19. The van der Waals surface area contributed by atoms with E-state index in [0.29, 0.717) is 31.1 Å². The fraction of sp³-hybridized carbons (Fsp3) is 0.250. The summed E-state index contributed by atoms with van der Waals surface area (Å²) in [5, 5.41) is 3.02. The van der Waals surface area contributed by atoms with Crippen molar-refractivity contribution in [3.63, 3.8) is 0 Å². The first kappa shape index (κ1) is 17.2. The predicted molar refractivity (Wildman–Crippen MR) is 102 cm³/mol. The number of morpholine rings is 1. The SMILES string of the molecule is O=C(NCc1cccnc1N1CCOCC1)c1ccccc1-c1ncc[nH]1. The second kappa shape index (κ2) is 8.01. The standard InChI is InChI=1S/C20H21N5O2/c26-20(17-6-2-1-5-16(17)18-21-8-9-22-18)24-14-15-4-3-7-23-19(15)25-10-12-27-13-11-25/h1-9H,10-14H2,(H,21,22)(H,24,26). The van der Waals surface area contributed by atoms with Gasteiger partial charge in [0.15, 0.2) is 0 Å². The number of nitrogens with one attached hydrogen (secondary N) is 2. The van der Waals surface area contributed by atoms with Crippen LogP contribution in [0.2, 0.25) is 0 Å². The quantitative estimate of drug-likeness (QED) is 0.726. The average molecular weight is 363 g/mol. The van der Waals surface area contributed by atoms with Crippen LogP contribution in [0.3, 0.4) is 0 Å². The van der Waals surface area contributed by atoms with E-state index in [4.69, 9.17) is 4.74 Å². The van der Waals surface area contributed by atoms with E-state index >= 15 is 0 Å². The Morgan fingerprint density at radius 1 is 1.11 bits per heavy atom. The van der Waals surface area contributed by atoms with E-state index in [-0.39, 0.29) is 5.91 Å². The predicted octanol–water partition coefficient (Wildman–Crippen LogP) is 2.24. The molecule has 1 fully saturated rings. The summed E-state index contributed by atoms with van der Waals surface area (Å²) in [6.07, 6.45) is 5.20. The number of imidazole rings is 1. The van der Waals surface area contributed by atoms with Gasteiger partial charge in [0.1, 0.15) is 11.6 Å². The van der Waals surface area contributed by atoms with Crippen molar-refractivity contribution in [1.82, 2.24) is 20.3 Å². The summed E-state index contributed by atoms with van der Waals surface area (Å²) in [5.74, 6) is 1.44. The highest BCUT2D eigenvalue weighted by atomic mass is 16.5. The van der Waals surface area contributed by atoms with Crippen LogP contribution >= 0.6 is 0 Å². The third-order valence-corrected chi connectivity index (χ3v) is 4.54. The molecule has 2 aromatic heterocycles. The Morgan fingerprint density at radius 3 is 2.78 bits per heavy atom. The number of nitrogens with zero attached hydrogens (tertiary/aromatic N) is 3. The number of aromatic amines is 1. The van der Waals surface area contributed by atoms with Gasteiger partial charge in [0.25, 0.3) is 5.91 Å². The lowest BCUT2D eigenvalue weighted by Gasteiger charge is -2.29. The Labute approximate surface area is 157 Å². The van der Waals surface area contributed by atoms with E-state index in [1.54, 1.807) is 24.7 Å². The van der Waals surface area contributed by atoms with Crippen LogP contribution in [0.4, 0.5) is 5.82 Å². The number of H-pyrrole nitrogens is 1. The van der Waals surface area contributed by atoms with Gasteiger partial charge in [-0.3, -0.25) is 4.79 Å². The van der Waals surface area contributed by atoms with Crippen LogP contribution < -0.4 is 10.2 Å². The van der Waals surface area contributed by atoms with Crippen molar-refractivity contribution >= 4 is 11.7 Å². The summed E-state index contributed by atoms with van der Waals surface area (Å²) in [6, 6.07) is 11.3. The molecule has 0 spiro atoms. The molecule has 1 aromatic carbocycles. The van der Waals surface area contributed by atoms with Gasteiger partial charge in [0, 0.05) is 49.4 Å². The first-order chi connectivity index (χ1) is 13.3. The molecule has 7 nitrogen and oxygen atoms in total. The molecule has 0 saturated carbocycles. The second-order valence-electron chi connectivity index (χ2n) is 6.25. The number of amides is 1. The first-order valence-electron chi connectivity index (χ1n) is 8.96. The zero-order chi connectivity index (χ0) is 18.5. The molecule has 138 valence electrons. The molecular weight excluding hydrogens is 342 g/mol. The van der Waals surface area contributed by atoms with Gasteiger partial charge in [0.05, 0.1) is 18.8 Å². The molecule has 1 saturated heterocycles. The highest BCUT2D eigenvalue weighted by Gasteiger charge is 2.17. The molecule has 0 bridgehead atoms. The summed E-state index contributed by atoms with van der Waals surface area (Å²) in [5.41, 5.74) is 2.35. The molecule has 3 heterocycles. The third-order valence-electron chi connectivity index (χ3n) is 4.54. The smallest absolute Gasteiger partial charge is 0.252 e. The molecule has 2 N–H and O–H groups in total. The minimum Gasteiger partial charge on any atom is -0.378 e. The summed E-state index contributed by atoms with van der Waals surface area (Å²) in [7, 11) is 0. The van der Waals surface area contributed by atoms with Gasteiger partial charge in [-0.15, -0.1) is 0 Å². The van der Waals surface area contributed by atoms with E-state index in [1.165, 1.54) is 0 Å². The van der Waals surface area contributed by atoms with E-state index < -0.39 is 0 Å². The molecule has 3 aromatic rings. The topological polar surface area (TPSA) is 83.1 Å². The number of anilines is 1. The number of hydrogen-bond acceptors (Lipinski definition) is 5. The highest BCUT2D eigenvalue weighted by Crippen LogP contribution is 2.21. The Kier molecular flexibility index (Phi) is 5.11. The normalized spacial score (nSPS) is 14.1. The van der Waals surface area contributed by atoms with Crippen LogP contribution in [-0.4, -0.2) is 47.2 Å². The van der Waals surface area contributed by atoms with Crippen LogP contribution in [0.5, 0.6) is 0 Å². The van der Waals surface area contributed by atoms with Crippen molar-refractivity contribution in [3.05, 3.63) is 66.1 Å². The summed E-state index contributed by atoms with van der Waals surface area (Å²) >= 11 is 0. The Balaban J connectivity index is 1.51. The maximum atomic E-state index is 12.8. The van der Waals surface area contributed by atoms with Gasteiger partial charge in [-0.1, -0.05) is 24.3 Å². The maximum absolute atomic E-state index is 12.8. The minimum absolute atomic E-state index is 0.140. The van der Waals surface area contributed by atoms with E-state index in [1.807, 2.05) is 30.3 Å². The van der Waals surface area contributed by atoms with Gasteiger partial charge >= 0.3 is 0 Å². The largest absolute Gasteiger partial charge is 0.378 e. The number of aromatic nitrogens is 3. The summed E-state index contributed by atoms with van der Waals surface area (Å²) in [6.45, 7) is 3.40. The second-order valence-corrected chi connectivity index (χ2v) is 6.25. The number of ether oxygens (including phenoxy) is 1. The number of benzene rings is 1. The molecule has 1 amide bonds. The fourth-order valence-electron chi connectivity index (χ4n) is 3.20. The third kappa shape index (κ3) is 3.83. The maximum Gasteiger partial charge on any atom is 0.252 e. The van der Waals surface area contributed by atoms with Crippen LogP contribution in [0.15, 0.2) is 55.0 Å². The molecule has 0 atom stereocenters. The molecule has 7 heteroatoms. The molecule has 27 heavy (non-hydrogen) atoms. The Morgan fingerprint density at radius 2 is 1.96 bits per heavy atom. The van der Waals surface area contributed by atoms with Crippen LogP contribution in [-0.2, 0) is 11.3 Å². The van der Waals surface area contributed by atoms with E-state index in [9.17, 15) is 4.79 Å². The van der Waals surface area contributed by atoms with Crippen molar-refractivity contribution in [3.8, 4) is 11.4 Å². The first-order valence-corrected chi connectivity index (χ1v) is 8.96. The Bertz CT molecular complexity index is 904. The number of carbonyl (C=O) groups is 1. The zero-order valence-electron chi connectivity index (χ0n) is 14.9. The average Bonchev–Trinajstić information content (AvgIpc) is 3.28. The number of carbonyl (C=O) groups excluding carboxylic acids is 1. The molecular formula is C20H21N5O2. The van der Waals surface area contributed by atoms with Crippen molar-refractivity contribution in [2.24, 2.45) is 0 Å². The van der Waals surface area contributed by atoms with E-state index in [2.05, 4.69) is 25.2 Å². The zero-order valence-corrected chi connectivity index (χ0v) is 14.9. The van der Waals surface area contributed by atoms with Crippen LogP contribution in [0.25, 0.3) is 11.4 Å². The number of rotatable bonds is 5. The van der Waals surface area contributed by atoms with Gasteiger partial charge < -0.3 is 19.9 Å². The van der Waals surface area contributed by atoms with Gasteiger partial charge in [-0.05, 0) is 12.1 Å². The van der Waals surface area contributed by atoms with Gasteiger partial charge in [0.2, 0.25) is 0 Å². The van der Waals surface area contributed by atoms with Gasteiger partial charge in [-0.2, -0.15) is 0 Å². The van der Waals surface area contributed by atoms with Crippen molar-refractivity contribution in [2.75, 3.05) is 31.2 Å². The van der Waals surface area contributed by atoms with Gasteiger partial charge in [-0.25, -0.2) is 9.97 Å². The lowest BCUT2D eigenvalue weighted by Crippen LogP contribution is -2.37. The number of hydrogen-bond donors (Lipinski definition) is 2. The molecule has 0 aliphatic carbocycles. The highest BCUT2D eigenvalue weighted by molar-refractivity contribution is 6.00. The molecule has 1 aliphatic heterocycles. The van der Waals surface area contributed by atoms with E-state index in [0.717, 1.165) is 30.0 Å². The summed E-state index contributed by atoms with van der Waals surface area (Å²) in [4.78, 5) is 26.8. The molecule has 0 unspecified atom stereocenters. The lowest BCUT2D eigenvalue weighted by molar-refractivity contribution is 0.0951. The van der Waals surface area contributed by atoms with Crippen molar-refractivity contribution in [1.29, 1.82) is 0 Å². The fourth-order valence-corrected chi connectivity index (χ4v) is 3.20. The lowest BCUT2D eigenvalue weighted by atomic mass is 10.1. The minimum atomic E-state index is -0.140. The van der Waals surface area contributed by atoms with Crippen molar-refractivity contribution < 1.29 is 9.53 Å². The number of pyridine rings is 1. The van der Waals surface area contributed by atoms with Crippen LogP contribution in [0, 0.1) is 0 Å². The monoisotopic (exact) mass is 363 g/mol. The van der Waals surface area contributed by atoms with Crippen LogP contribution in [0.1, 0.15) is 15.9 Å². The summed E-state index contributed by atoms with van der Waals surface area (Å²) < 4.78 is 5.42. The molecule has 4 rings (SSSR count).